The predicted molar refractivity (Wildman–Crippen MR) is 97.3 cm³/mol. The second-order valence-corrected chi connectivity index (χ2v) is 6.14. The molecule has 0 aromatic carbocycles. The summed E-state index contributed by atoms with van der Waals surface area (Å²) in [5, 5.41) is 3.32. The van der Waals surface area contributed by atoms with Gasteiger partial charge in [-0.1, -0.05) is 0 Å². The molecule has 3 rings (SSSR count). The molecule has 0 unspecified atom stereocenters. The summed E-state index contributed by atoms with van der Waals surface area (Å²) < 4.78 is 5.41. The van der Waals surface area contributed by atoms with Gasteiger partial charge in [-0.15, -0.1) is 0 Å². The summed E-state index contributed by atoms with van der Waals surface area (Å²) >= 11 is 5.08. The van der Waals surface area contributed by atoms with Crippen LogP contribution in [0, 0.1) is 0 Å². The summed E-state index contributed by atoms with van der Waals surface area (Å²) in [4.78, 5) is 18.1. The van der Waals surface area contributed by atoms with Gasteiger partial charge in [-0.3, -0.25) is 10.9 Å². The topological polar surface area (TPSA) is 90.5 Å². The van der Waals surface area contributed by atoms with Crippen molar-refractivity contribution in [2.45, 2.75) is 19.3 Å². The quantitative estimate of drug-likeness (QED) is 0.513. The Labute approximate surface area is 147 Å². The van der Waals surface area contributed by atoms with E-state index >= 15 is 0 Å². The first kappa shape index (κ1) is 16.9. The molecular formula is C14H24N8OS. The highest BCUT2D eigenvalue weighted by molar-refractivity contribution is 7.80. The number of hydrazine groups is 1. The molecule has 3 heterocycles. The van der Waals surface area contributed by atoms with Gasteiger partial charge >= 0.3 is 0 Å². The maximum atomic E-state index is 5.41. The van der Waals surface area contributed by atoms with Gasteiger partial charge in [0.2, 0.25) is 17.8 Å². The van der Waals surface area contributed by atoms with Crippen molar-refractivity contribution >= 4 is 35.2 Å². The van der Waals surface area contributed by atoms with E-state index in [0.29, 0.717) is 36.2 Å². The molecule has 0 atom stereocenters. The van der Waals surface area contributed by atoms with E-state index in [1.165, 1.54) is 19.3 Å². The van der Waals surface area contributed by atoms with Crippen molar-refractivity contribution < 1.29 is 4.74 Å². The van der Waals surface area contributed by atoms with E-state index < -0.39 is 0 Å². The molecule has 0 bridgehead atoms. The molecule has 1 aromatic rings. The van der Waals surface area contributed by atoms with Crippen LogP contribution in [0.1, 0.15) is 19.3 Å². The third-order valence-electron chi connectivity index (χ3n) is 4.06. The van der Waals surface area contributed by atoms with Gasteiger partial charge in [0.25, 0.3) is 0 Å². The zero-order chi connectivity index (χ0) is 16.8. The molecule has 0 saturated carbocycles. The number of anilines is 3. The van der Waals surface area contributed by atoms with Crippen LogP contribution in [-0.4, -0.2) is 66.5 Å². The van der Waals surface area contributed by atoms with Gasteiger partial charge in [-0.05, 0) is 31.5 Å². The first-order chi connectivity index (χ1) is 11.8. The van der Waals surface area contributed by atoms with Gasteiger partial charge in [0.15, 0.2) is 5.11 Å². The van der Waals surface area contributed by atoms with Crippen LogP contribution in [0.2, 0.25) is 0 Å². The summed E-state index contributed by atoms with van der Waals surface area (Å²) in [6.45, 7) is 4.91. The smallest absolute Gasteiger partial charge is 0.248 e. The molecule has 3 N–H and O–H groups in total. The number of hydrogen-bond acceptors (Lipinski definition) is 8. The number of thiocarbonyl (C=S) groups is 1. The van der Waals surface area contributed by atoms with Crippen LogP contribution in [0.3, 0.4) is 0 Å². The predicted octanol–water partition coefficient (Wildman–Crippen LogP) is 0.119. The van der Waals surface area contributed by atoms with Crippen LogP contribution < -0.4 is 26.0 Å². The third-order valence-corrected chi connectivity index (χ3v) is 4.37. The Hall–Kier alpha value is -1.94. The highest BCUT2D eigenvalue weighted by Gasteiger charge is 2.20. The van der Waals surface area contributed by atoms with E-state index in [-0.39, 0.29) is 0 Å². The van der Waals surface area contributed by atoms with Gasteiger partial charge in [-0.2, -0.15) is 15.0 Å². The lowest BCUT2D eigenvalue weighted by Gasteiger charge is -2.30. The molecule has 24 heavy (non-hydrogen) atoms. The average molecular weight is 352 g/mol. The molecule has 2 aliphatic heterocycles. The van der Waals surface area contributed by atoms with Gasteiger partial charge in [0.1, 0.15) is 0 Å². The first-order valence-electron chi connectivity index (χ1n) is 8.34. The number of morpholine rings is 1. The highest BCUT2D eigenvalue weighted by atomic mass is 32.1. The van der Waals surface area contributed by atoms with Crippen molar-refractivity contribution in [1.82, 2.24) is 25.7 Å². The normalized spacial score (nSPS) is 18.2. The summed E-state index contributed by atoms with van der Waals surface area (Å²) in [5.74, 6) is 1.85. The Morgan fingerprint density at radius 2 is 1.58 bits per heavy atom. The molecule has 2 fully saturated rings. The van der Waals surface area contributed by atoms with Gasteiger partial charge in [0, 0.05) is 33.2 Å². The van der Waals surface area contributed by atoms with E-state index in [1.54, 1.807) is 7.05 Å². The number of piperidine rings is 1. The highest BCUT2D eigenvalue weighted by Crippen LogP contribution is 2.20. The second kappa shape index (κ2) is 8.25. The minimum absolute atomic E-state index is 0.463. The van der Waals surface area contributed by atoms with E-state index in [4.69, 9.17) is 17.0 Å². The minimum Gasteiger partial charge on any atom is -0.378 e. The second-order valence-electron chi connectivity index (χ2n) is 5.74. The van der Waals surface area contributed by atoms with E-state index in [2.05, 4.69) is 40.9 Å². The molecule has 2 aliphatic rings. The number of hydrogen-bond donors (Lipinski definition) is 3. The lowest BCUT2D eigenvalue weighted by atomic mass is 10.1. The number of rotatable bonds is 4. The minimum atomic E-state index is 0.463. The van der Waals surface area contributed by atoms with Crippen LogP contribution in [0.4, 0.5) is 17.8 Å². The zero-order valence-corrected chi connectivity index (χ0v) is 14.7. The standard InChI is InChI=1S/C14H24N8OS/c1-15-14(24)20-19-11-16-12(21-5-3-2-4-6-21)18-13(17-11)22-7-9-23-10-8-22/h2-10H2,1H3,(H2,15,20,24)(H,16,17,18,19). The third kappa shape index (κ3) is 4.32. The molecule has 9 nitrogen and oxygen atoms in total. The van der Waals surface area contributed by atoms with E-state index in [1.807, 2.05) is 0 Å². The Bertz CT molecular complexity index is 523. The maximum Gasteiger partial charge on any atom is 0.248 e. The number of ether oxygens (including phenoxy) is 1. The summed E-state index contributed by atoms with van der Waals surface area (Å²) in [5.41, 5.74) is 5.82. The number of nitrogens with zero attached hydrogens (tertiary/aromatic N) is 5. The fourth-order valence-electron chi connectivity index (χ4n) is 2.73. The van der Waals surface area contributed by atoms with Gasteiger partial charge < -0.3 is 19.9 Å². The Kier molecular flexibility index (Phi) is 5.81. The molecule has 1 aromatic heterocycles. The average Bonchev–Trinajstić information content (AvgIpc) is 2.67. The molecular weight excluding hydrogens is 328 g/mol. The van der Waals surface area contributed by atoms with Gasteiger partial charge in [-0.25, -0.2) is 0 Å². The SMILES string of the molecule is CNC(=S)NNc1nc(N2CCCCC2)nc(N2CCOCC2)n1. The number of nitrogens with one attached hydrogen (secondary N) is 3. The van der Waals surface area contributed by atoms with E-state index in [9.17, 15) is 0 Å². The van der Waals surface area contributed by atoms with Crippen LogP contribution in [0.25, 0.3) is 0 Å². The first-order valence-corrected chi connectivity index (χ1v) is 8.74. The van der Waals surface area contributed by atoms with Crippen LogP contribution in [0.5, 0.6) is 0 Å². The lowest BCUT2D eigenvalue weighted by molar-refractivity contribution is 0.122. The lowest BCUT2D eigenvalue weighted by Crippen LogP contribution is -2.40. The Balaban J connectivity index is 1.81. The molecule has 10 heteroatoms. The van der Waals surface area contributed by atoms with Crippen molar-refractivity contribution in [2.75, 3.05) is 61.7 Å². The summed E-state index contributed by atoms with van der Waals surface area (Å²) in [7, 11) is 1.75. The van der Waals surface area contributed by atoms with Crippen molar-refractivity contribution in [3.8, 4) is 0 Å². The summed E-state index contributed by atoms with van der Waals surface area (Å²) in [6, 6.07) is 0. The largest absolute Gasteiger partial charge is 0.378 e. The molecule has 2 saturated heterocycles. The fourth-order valence-corrected chi connectivity index (χ4v) is 2.78. The van der Waals surface area contributed by atoms with Crippen LogP contribution >= 0.6 is 12.2 Å². The summed E-state index contributed by atoms with van der Waals surface area (Å²) in [6.07, 6.45) is 3.61. The maximum absolute atomic E-state index is 5.41. The molecule has 132 valence electrons. The molecule has 0 radical (unpaired) electrons. The number of aromatic nitrogens is 3. The van der Waals surface area contributed by atoms with Crippen molar-refractivity contribution in [1.29, 1.82) is 0 Å². The zero-order valence-electron chi connectivity index (χ0n) is 13.9. The van der Waals surface area contributed by atoms with Crippen molar-refractivity contribution in [2.24, 2.45) is 0 Å². The van der Waals surface area contributed by atoms with Crippen LogP contribution in [-0.2, 0) is 4.74 Å². The van der Waals surface area contributed by atoms with Crippen molar-refractivity contribution in [3.05, 3.63) is 0 Å². The van der Waals surface area contributed by atoms with Crippen LogP contribution in [0.15, 0.2) is 0 Å². The van der Waals surface area contributed by atoms with E-state index in [0.717, 1.165) is 26.2 Å². The van der Waals surface area contributed by atoms with Crippen molar-refractivity contribution in [3.63, 3.8) is 0 Å². The molecule has 0 amide bonds. The Morgan fingerprint density at radius 3 is 2.21 bits per heavy atom. The molecule has 0 aliphatic carbocycles. The Morgan fingerprint density at radius 1 is 0.958 bits per heavy atom. The fraction of sp³-hybridized carbons (Fsp3) is 0.714. The molecule has 0 spiro atoms. The monoisotopic (exact) mass is 352 g/mol. The van der Waals surface area contributed by atoms with Gasteiger partial charge in [0.05, 0.1) is 13.2 Å².